The second kappa shape index (κ2) is 9.75. The van der Waals surface area contributed by atoms with Gasteiger partial charge in [0.05, 0.1) is 29.3 Å². The van der Waals surface area contributed by atoms with E-state index in [0.29, 0.717) is 6.54 Å². The lowest BCUT2D eigenvalue weighted by Gasteiger charge is -2.27. The molecule has 0 N–H and O–H groups in total. The number of hydrazone groups is 1. The Hall–Kier alpha value is -1.84. The molecule has 2 aliphatic rings. The van der Waals surface area contributed by atoms with Gasteiger partial charge in [0.25, 0.3) is 5.91 Å². The second-order valence-electron chi connectivity index (χ2n) is 7.88. The number of hydrogen-bond acceptors (Lipinski definition) is 7. The van der Waals surface area contributed by atoms with Crippen molar-refractivity contribution in [1.82, 2.24) is 9.91 Å². The van der Waals surface area contributed by atoms with Crippen molar-refractivity contribution < 1.29 is 9.53 Å². The Morgan fingerprint density at radius 1 is 1.13 bits per heavy atom. The van der Waals surface area contributed by atoms with E-state index in [9.17, 15) is 4.79 Å². The van der Waals surface area contributed by atoms with Gasteiger partial charge in [-0.1, -0.05) is 18.2 Å². The molecule has 0 unspecified atom stereocenters. The molecular weight excluding hydrogens is 446 g/mol. The smallest absolute Gasteiger partial charge is 0.257 e. The highest BCUT2D eigenvalue weighted by Crippen LogP contribution is 2.36. The molecule has 5 rings (SSSR count). The van der Waals surface area contributed by atoms with Gasteiger partial charge in [0.2, 0.25) is 0 Å². The van der Waals surface area contributed by atoms with E-state index in [4.69, 9.17) is 9.84 Å². The predicted molar refractivity (Wildman–Crippen MR) is 128 cm³/mol. The van der Waals surface area contributed by atoms with Crippen LogP contribution in [0, 0.1) is 0 Å². The molecule has 5 heterocycles. The van der Waals surface area contributed by atoms with Crippen molar-refractivity contribution in [1.29, 1.82) is 0 Å². The van der Waals surface area contributed by atoms with Gasteiger partial charge in [0.1, 0.15) is 0 Å². The lowest BCUT2D eigenvalue weighted by Crippen LogP contribution is -2.40. The Bertz CT molecular complexity index is 993. The first-order valence-corrected chi connectivity index (χ1v) is 13.2. The van der Waals surface area contributed by atoms with E-state index in [1.807, 2.05) is 12.1 Å². The fraction of sp³-hybridized carbons (Fsp3) is 0.391. The van der Waals surface area contributed by atoms with Crippen molar-refractivity contribution in [3.8, 4) is 0 Å². The van der Waals surface area contributed by atoms with Crippen LogP contribution < -0.4 is 0 Å². The van der Waals surface area contributed by atoms with Gasteiger partial charge in [-0.05, 0) is 47.2 Å². The van der Waals surface area contributed by atoms with Crippen LogP contribution >= 0.6 is 34.0 Å². The molecule has 1 amide bonds. The molecule has 3 aromatic heterocycles. The third-order valence-electron chi connectivity index (χ3n) is 5.65. The zero-order valence-electron chi connectivity index (χ0n) is 17.2. The normalized spacial score (nSPS) is 21.2. The predicted octanol–water partition coefficient (Wildman–Crippen LogP) is 5.23. The third-order valence-corrected chi connectivity index (χ3v) is 8.40. The maximum Gasteiger partial charge on any atom is 0.257 e. The highest BCUT2D eigenvalue weighted by atomic mass is 32.1. The zero-order chi connectivity index (χ0) is 21.0. The Kier molecular flexibility index (Phi) is 6.61. The minimum atomic E-state index is -0.0177. The van der Waals surface area contributed by atoms with Crippen LogP contribution in [0.5, 0.6) is 0 Å². The van der Waals surface area contributed by atoms with Crippen LogP contribution in [0.25, 0.3) is 0 Å². The molecule has 3 aromatic rings. The minimum Gasteiger partial charge on any atom is -0.377 e. The van der Waals surface area contributed by atoms with Gasteiger partial charge in [-0.3, -0.25) is 9.69 Å². The van der Waals surface area contributed by atoms with Crippen LogP contribution in [-0.2, 0) is 16.1 Å². The second-order valence-corrected chi connectivity index (χ2v) is 10.8. The molecule has 2 atom stereocenters. The van der Waals surface area contributed by atoms with Crippen LogP contribution in [0.1, 0.15) is 39.9 Å². The van der Waals surface area contributed by atoms with Gasteiger partial charge in [0, 0.05) is 35.9 Å². The number of nitrogens with zero attached hydrogens (tertiary/aromatic N) is 3. The number of rotatable bonds is 8. The van der Waals surface area contributed by atoms with E-state index in [2.05, 4.69) is 45.3 Å². The monoisotopic (exact) mass is 471 g/mol. The summed E-state index contributed by atoms with van der Waals surface area (Å²) >= 11 is 5.11. The van der Waals surface area contributed by atoms with E-state index in [1.54, 1.807) is 39.0 Å². The van der Waals surface area contributed by atoms with Crippen LogP contribution in [0.3, 0.4) is 0 Å². The first-order valence-electron chi connectivity index (χ1n) is 10.6. The van der Waals surface area contributed by atoms with Crippen molar-refractivity contribution in [2.45, 2.75) is 38.0 Å². The molecule has 162 valence electrons. The summed E-state index contributed by atoms with van der Waals surface area (Å²) in [6, 6.07) is 12.5. The highest BCUT2D eigenvalue weighted by Gasteiger charge is 2.35. The summed E-state index contributed by atoms with van der Waals surface area (Å²) in [7, 11) is 0. The van der Waals surface area contributed by atoms with Crippen LogP contribution in [0.4, 0.5) is 0 Å². The van der Waals surface area contributed by atoms with Gasteiger partial charge >= 0.3 is 0 Å². The molecule has 1 saturated heterocycles. The summed E-state index contributed by atoms with van der Waals surface area (Å²) < 4.78 is 5.87. The van der Waals surface area contributed by atoms with Crippen LogP contribution in [0.15, 0.2) is 57.6 Å². The number of thiophene rings is 3. The van der Waals surface area contributed by atoms with E-state index in [0.717, 1.165) is 49.5 Å². The molecule has 31 heavy (non-hydrogen) atoms. The van der Waals surface area contributed by atoms with Crippen molar-refractivity contribution in [2.75, 3.05) is 19.7 Å². The Morgan fingerprint density at radius 2 is 1.97 bits per heavy atom. The van der Waals surface area contributed by atoms with Crippen molar-refractivity contribution in [3.05, 3.63) is 67.2 Å². The molecule has 1 fully saturated rings. The fourth-order valence-corrected chi connectivity index (χ4v) is 6.46. The number of carbonyl (C=O) groups is 1. The SMILES string of the molecule is O=C(CN(Cc1cccs1)C[C@@H]1CCCO1)N1N=C(c2cccs2)C[C@@H]1c1cccs1. The molecule has 8 heteroatoms. The molecule has 0 spiro atoms. The number of hydrogen-bond donors (Lipinski definition) is 0. The molecular formula is C23H25N3O2S3. The average Bonchev–Trinajstić information content (AvgIpc) is 3.59. The molecule has 0 radical (unpaired) electrons. The molecule has 2 aliphatic heterocycles. The van der Waals surface area contributed by atoms with E-state index in [1.165, 1.54) is 9.75 Å². The van der Waals surface area contributed by atoms with Gasteiger partial charge in [0.15, 0.2) is 0 Å². The first-order chi connectivity index (χ1) is 15.3. The van der Waals surface area contributed by atoms with Gasteiger partial charge in [-0.2, -0.15) is 5.10 Å². The molecule has 5 nitrogen and oxygen atoms in total. The largest absolute Gasteiger partial charge is 0.377 e. The summed E-state index contributed by atoms with van der Waals surface area (Å²) in [5.41, 5.74) is 1.01. The molecule has 0 saturated carbocycles. The van der Waals surface area contributed by atoms with E-state index >= 15 is 0 Å². The average molecular weight is 472 g/mol. The fourth-order valence-electron chi connectivity index (χ4n) is 4.18. The minimum absolute atomic E-state index is 0.0177. The van der Waals surface area contributed by atoms with Crippen LogP contribution in [-0.4, -0.2) is 47.3 Å². The van der Waals surface area contributed by atoms with E-state index in [-0.39, 0.29) is 18.1 Å². The summed E-state index contributed by atoms with van der Waals surface area (Å²) in [6.07, 6.45) is 3.15. The highest BCUT2D eigenvalue weighted by molar-refractivity contribution is 7.12. The summed E-state index contributed by atoms with van der Waals surface area (Å²) in [5, 5.41) is 12.8. The zero-order valence-corrected chi connectivity index (χ0v) is 19.6. The molecule has 0 aliphatic carbocycles. The third kappa shape index (κ3) is 4.99. The van der Waals surface area contributed by atoms with Crippen molar-refractivity contribution in [2.24, 2.45) is 5.10 Å². The van der Waals surface area contributed by atoms with Gasteiger partial charge < -0.3 is 4.74 Å². The summed E-state index contributed by atoms with van der Waals surface area (Å²) in [4.78, 5) is 19.4. The van der Waals surface area contributed by atoms with Crippen LogP contribution in [0.2, 0.25) is 0 Å². The Morgan fingerprint density at radius 3 is 2.68 bits per heavy atom. The van der Waals surface area contributed by atoms with Gasteiger partial charge in [-0.15, -0.1) is 34.0 Å². The van der Waals surface area contributed by atoms with Crippen molar-refractivity contribution >= 4 is 45.6 Å². The maximum absolute atomic E-state index is 13.5. The topological polar surface area (TPSA) is 45.1 Å². The standard InChI is InChI=1S/C23H25N3O2S3/c27-23(16-25(14-17-5-1-9-28-17)15-18-6-2-10-29-18)26-20(22-8-4-12-31-22)13-19(24-26)21-7-3-11-30-21/h2-4,6-8,10-12,17,20H,1,5,9,13-16H2/t17-,20+/m0/s1. The Labute approximate surface area is 194 Å². The van der Waals surface area contributed by atoms with Crippen molar-refractivity contribution in [3.63, 3.8) is 0 Å². The number of amides is 1. The number of carbonyl (C=O) groups excluding carboxylic acids is 1. The molecule has 0 aromatic carbocycles. The summed E-state index contributed by atoms with van der Waals surface area (Å²) in [5.74, 6) is 0.0551. The first kappa shape index (κ1) is 21.0. The maximum atomic E-state index is 13.5. The van der Waals surface area contributed by atoms with E-state index < -0.39 is 0 Å². The van der Waals surface area contributed by atoms with Gasteiger partial charge in [-0.25, -0.2) is 5.01 Å². The lowest BCUT2D eigenvalue weighted by molar-refractivity contribution is -0.134. The lowest BCUT2D eigenvalue weighted by atomic mass is 10.1. The number of ether oxygens (including phenoxy) is 1. The summed E-state index contributed by atoms with van der Waals surface area (Å²) in [6.45, 7) is 2.72. The molecule has 0 bridgehead atoms. The Balaban J connectivity index is 1.35. The quantitative estimate of drug-likeness (QED) is 0.452.